The number of aromatic nitrogens is 1. The van der Waals surface area contributed by atoms with Crippen molar-refractivity contribution in [2.75, 3.05) is 25.1 Å². The van der Waals surface area contributed by atoms with E-state index >= 15 is 0 Å². The average Bonchev–Trinajstić information content (AvgIpc) is 2.67. The molecule has 1 aliphatic heterocycles. The van der Waals surface area contributed by atoms with Crippen molar-refractivity contribution in [3.63, 3.8) is 0 Å². The molecule has 1 N–H and O–H groups in total. The minimum atomic E-state index is -0.559. The van der Waals surface area contributed by atoms with Crippen LogP contribution in [0.3, 0.4) is 0 Å². The van der Waals surface area contributed by atoms with Gasteiger partial charge in [0, 0.05) is 30.1 Å². The lowest BCUT2D eigenvalue weighted by atomic mass is 9.98. The van der Waals surface area contributed by atoms with Gasteiger partial charge in [0.25, 0.3) is 0 Å². The molecule has 3 rings (SSSR count). The molecule has 2 heterocycles. The molecule has 1 aromatic carbocycles. The lowest BCUT2D eigenvalue weighted by Crippen LogP contribution is -2.28. The van der Waals surface area contributed by atoms with E-state index in [0.29, 0.717) is 0 Å². The first-order chi connectivity index (χ1) is 10.1. The predicted octanol–water partition coefficient (Wildman–Crippen LogP) is 2.98. The average molecular weight is 286 g/mol. The quantitative estimate of drug-likeness (QED) is 0.922. The van der Waals surface area contributed by atoms with Gasteiger partial charge in [-0.1, -0.05) is 12.1 Å². The fraction of sp³-hybridized carbons (Fsp3) is 0.471. The Labute approximate surface area is 125 Å². The zero-order chi connectivity index (χ0) is 14.9. The van der Waals surface area contributed by atoms with Gasteiger partial charge in [0.05, 0.1) is 12.7 Å². The minimum Gasteiger partial charge on any atom is -0.496 e. The van der Waals surface area contributed by atoms with E-state index in [1.54, 1.807) is 7.11 Å². The zero-order valence-corrected chi connectivity index (χ0v) is 12.7. The first-order valence-electron chi connectivity index (χ1n) is 7.50. The van der Waals surface area contributed by atoms with E-state index in [9.17, 15) is 5.11 Å². The zero-order valence-electron chi connectivity index (χ0n) is 12.7. The SMILES string of the molecule is COc1cccc2c(N3CCCC(C)(O)CC3)nccc12. The van der Waals surface area contributed by atoms with Crippen molar-refractivity contribution < 1.29 is 9.84 Å². The van der Waals surface area contributed by atoms with Crippen LogP contribution in [-0.4, -0.2) is 35.9 Å². The smallest absolute Gasteiger partial charge is 0.136 e. The van der Waals surface area contributed by atoms with Crippen molar-refractivity contribution in [3.8, 4) is 5.75 Å². The fourth-order valence-electron chi connectivity index (χ4n) is 3.07. The molecule has 0 spiro atoms. The number of benzene rings is 1. The second kappa shape index (κ2) is 5.53. The third-order valence-electron chi connectivity index (χ3n) is 4.33. The summed E-state index contributed by atoms with van der Waals surface area (Å²) >= 11 is 0. The summed E-state index contributed by atoms with van der Waals surface area (Å²) in [5, 5.41) is 12.4. The van der Waals surface area contributed by atoms with Crippen LogP contribution in [0.25, 0.3) is 10.8 Å². The molecule has 0 radical (unpaired) electrons. The highest BCUT2D eigenvalue weighted by atomic mass is 16.5. The molecule has 1 unspecified atom stereocenters. The summed E-state index contributed by atoms with van der Waals surface area (Å²) in [6, 6.07) is 8.05. The molecule has 112 valence electrons. The van der Waals surface area contributed by atoms with Gasteiger partial charge in [-0.2, -0.15) is 0 Å². The number of pyridine rings is 1. The summed E-state index contributed by atoms with van der Waals surface area (Å²) in [4.78, 5) is 6.87. The third kappa shape index (κ3) is 2.81. The fourth-order valence-corrected chi connectivity index (χ4v) is 3.07. The maximum Gasteiger partial charge on any atom is 0.136 e. The van der Waals surface area contributed by atoms with Crippen LogP contribution in [0.15, 0.2) is 30.5 Å². The molecule has 0 amide bonds. The van der Waals surface area contributed by atoms with Crippen molar-refractivity contribution in [1.29, 1.82) is 0 Å². The van der Waals surface area contributed by atoms with E-state index < -0.39 is 5.60 Å². The highest BCUT2D eigenvalue weighted by Crippen LogP contribution is 2.32. The molecule has 2 aromatic rings. The van der Waals surface area contributed by atoms with Crippen molar-refractivity contribution >= 4 is 16.6 Å². The van der Waals surface area contributed by atoms with Gasteiger partial charge in [-0.3, -0.25) is 0 Å². The molecule has 1 saturated heterocycles. The normalized spacial score (nSPS) is 23.1. The van der Waals surface area contributed by atoms with E-state index in [0.717, 1.165) is 54.7 Å². The summed E-state index contributed by atoms with van der Waals surface area (Å²) < 4.78 is 5.44. The lowest BCUT2D eigenvalue weighted by molar-refractivity contribution is 0.0481. The van der Waals surface area contributed by atoms with Crippen LogP contribution in [0.2, 0.25) is 0 Å². The van der Waals surface area contributed by atoms with Crippen LogP contribution in [0.5, 0.6) is 5.75 Å². The Bertz CT molecular complexity index is 640. The second-order valence-corrected chi connectivity index (χ2v) is 6.03. The van der Waals surface area contributed by atoms with Crippen LogP contribution >= 0.6 is 0 Å². The lowest BCUT2D eigenvalue weighted by Gasteiger charge is -2.24. The molecule has 1 fully saturated rings. The minimum absolute atomic E-state index is 0.559. The number of rotatable bonds is 2. The number of hydrogen-bond donors (Lipinski definition) is 1. The molecule has 4 heteroatoms. The summed E-state index contributed by atoms with van der Waals surface area (Å²) in [6.45, 7) is 3.69. The van der Waals surface area contributed by atoms with Gasteiger partial charge in [0.2, 0.25) is 0 Å². The Balaban J connectivity index is 2.00. The van der Waals surface area contributed by atoms with Crippen LogP contribution in [-0.2, 0) is 0 Å². The van der Waals surface area contributed by atoms with E-state index in [-0.39, 0.29) is 0 Å². The molecule has 1 aliphatic rings. The number of hydrogen-bond acceptors (Lipinski definition) is 4. The number of ether oxygens (including phenoxy) is 1. The molecule has 21 heavy (non-hydrogen) atoms. The van der Waals surface area contributed by atoms with Crippen molar-refractivity contribution in [2.24, 2.45) is 0 Å². The Kier molecular flexibility index (Phi) is 3.72. The van der Waals surface area contributed by atoms with E-state index in [4.69, 9.17) is 4.74 Å². The van der Waals surface area contributed by atoms with Crippen molar-refractivity contribution in [1.82, 2.24) is 4.98 Å². The summed E-state index contributed by atoms with van der Waals surface area (Å²) in [6.07, 6.45) is 4.44. The van der Waals surface area contributed by atoms with E-state index in [1.165, 1.54) is 0 Å². The Morgan fingerprint density at radius 2 is 2.05 bits per heavy atom. The van der Waals surface area contributed by atoms with Gasteiger partial charge in [-0.05, 0) is 38.3 Å². The molecule has 0 aliphatic carbocycles. The Morgan fingerprint density at radius 3 is 2.86 bits per heavy atom. The molecular weight excluding hydrogens is 264 g/mol. The number of methoxy groups -OCH3 is 1. The predicted molar refractivity (Wildman–Crippen MR) is 85.0 cm³/mol. The van der Waals surface area contributed by atoms with E-state index in [1.807, 2.05) is 31.3 Å². The topological polar surface area (TPSA) is 45.6 Å². The van der Waals surface area contributed by atoms with Gasteiger partial charge >= 0.3 is 0 Å². The highest BCUT2D eigenvalue weighted by Gasteiger charge is 2.26. The highest BCUT2D eigenvalue weighted by molar-refractivity contribution is 5.96. The maximum atomic E-state index is 10.2. The van der Waals surface area contributed by atoms with Crippen LogP contribution in [0, 0.1) is 0 Å². The molecular formula is C17H22N2O2. The monoisotopic (exact) mass is 286 g/mol. The molecule has 0 saturated carbocycles. The summed E-state index contributed by atoms with van der Waals surface area (Å²) in [5.41, 5.74) is -0.559. The second-order valence-electron chi connectivity index (χ2n) is 6.03. The third-order valence-corrected chi connectivity index (χ3v) is 4.33. The van der Waals surface area contributed by atoms with Crippen molar-refractivity contribution in [2.45, 2.75) is 31.8 Å². The number of aliphatic hydroxyl groups is 1. The van der Waals surface area contributed by atoms with Gasteiger partial charge in [-0.15, -0.1) is 0 Å². The van der Waals surface area contributed by atoms with Gasteiger partial charge < -0.3 is 14.7 Å². The van der Waals surface area contributed by atoms with Gasteiger partial charge in [-0.25, -0.2) is 4.98 Å². The van der Waals surface area contributed by atoms with Gasteiger partial charge in [0.15, 0.2) is 0 Å². The Morgan fingerprint density at radius 1 is 1.19 bits per heavy atom. The first kappa shape index (κ1) is 14.1. The van der Waals surface area contributed by atoms with Crippen LogP contribution in [0.1, 0.15) is 26.2 Å². The van der Waals surface area contributed by atoms with Crippen molar-refractivity contribution in [3.05, 3.63) is 30.5 Å². The number of nitrogens with zero attached hydrogens (tertiary/aromatic N) is 2. The number of fused-ring (bicyclic) bond motifs is 1. The van der Waals surface area contributed by atoms with Gasteiger partial charge in [0.1, 0.15) is 11.6 Å². The van der Waals surface area contributed by atoms with Crippen LogP contribution in [0.4, 0.5) is 5.82 Å². The van der Waals surface area contributed by atoms with E-state index in [2.05, 4.69) is 16.0 Å². The molecule has 4 nitrogen and oxygen atoms in total. The first-order valence-corrected chi connectivity index (χ1v) is 7.50. The molecule has 1 atom stereocenters. The standard InChI is InChI=1S/C17H22N2O2/c1-17(20)8-4-11-19(12-9-17)16-14-5-3-6-15(21-2)13(14)7-10-18-16/h3,5-7,10,20H,4,8-9,11-12H2,1-2H3. The maximum absolute atomic E-state index is 10.2. The largest absolute Gasteiger partial charge is 0.496 e. The van der Waals surface area contributed by atoms with Crippen LogP contribution < -0.4 is 9.64 Å². The molecule has 1 aromatic heterocycles. The Hall–Kier alpha value is -1.81. The summed E-state index contributed by atoms with van der Waals surface area (Å²) in [7, 11) is 1.69. The molecule has 0 bridgehead atoms. The number of anilines is 1. The summed E-state index contributed by atoms with van der Waals surface area (Å²) in [5.74, 6) is 1.86.